The van der Waals surface area contributed by atoms with Gasteiger partial charge in [0.1, 0.15) is 12.1 Å². The van der Waals surface area contributed by atoms with Crippen molar-refractivity contribution in [2.24, 2.45) is 0 Å². The lowest BCUT2D eigenvalue weighted by Crippen LogP contribution is -2.45. The van der Waals surface area contributed by atoms with Gasteiger partial charge < -0.3 is 10.2 Å². The molecule has 0 aromatic heterocycles. The second-order valence-corrected chi connectivity index (χ2v) is 7.72. The van der Waals surface area contributed by atoms with Crippen molar-refractivity contribution in [1.82, 2.24) is 15.1 Å². The lowest BCUT2D eigenvalue weighted by Gasteiger charge is -2.28. The largest absolute Gasteiger partial charge is 0.341 e. The zero-order valence-electron chi connectivity index (χ0n) is 15.2. The summed E-state index contributed by atoms with van der Waals surface area (Å²) in [5.41, 5.74) is 2.28. The molecule has 138 valence electrons. The number of amides is 4. The van der Waals surface area contributed by atoms with E-state index in [4.69, 9.17) is 0 Å². The molecule has 0 bridgehead atoms. The van der Waals surface area contributed by atoms with Crippen LogP contribution in [0.5, 0.6) is 0 Å². The maximum Gasteiger partial charge on any atom is 0.325 e. The number of carbonyl (C=O) groups excluding carboxylic acids is 3. The third-order valence-electron chi connectivity index (χ3n) is 5.95. The van der Waals surface area contributed by atoms with Crippen molar-refractivity contribution < 1.29 is 14.4 Å². The fraction of sp³-hybridized carbons (Fsp3) is 0.550. The van der Waals surface area contributed by atoms with Gasteiger partial charge in [-0.25, -0.2) is 4.79 Å². The summed E-state index contributed by atoms with van der Waals surface area (Å²) in [6.45, 7) is 2.98. The van der Waals surface area contributed by atoms with Gasteiger partial charge in [0.15, 0.2) is 0 Å². The molecule has 6 nitrogen and oxygen atoms in total. The molecular weight excluding hydrogens is 330 g/mol. The molecule has 1 N–H and O–H groups in total. The van der Waals surface area contributed by atoms with Crippen LogP contribution in [0.25, 0.3) is 0 Å². The Bertz CT molecular complexity index is 770. The number of urea groups is 1. The maximum absolute atomic E-state index is 13.0. The SMILES string of the molecule is C[C@]1(c2ccc3c(c2)CCC3)NC(=O)N(CC(=O)N2CCCCC2)C1=O. The molecule has 2 aliphatic heterocycles. The average molecular weight is 355 g/mol. The minimum absolute atomic E-state index is 0.147. The second kappa shape index (κ2) is 6.41. The number of nitrogens with zero attached hydrogens (tertiary/aromatic N) is 2. The smallest absolute Gasteiger partial charge is 0.325 e. The quantitative estimate of drug-likeness (QED) is 0.843. The minimum atomic E-state index is -1.10. The van der Waals surface area contributed by atoms with Crippen molar-refractivity contribution in [2.75, 3.05) is 19.6 Å². The van der Waals surface area contributed by atoms with Gasteiger partial charge in [-0.2, -0.15) is 0 Å². The Morgan fingerprint density at radius 3 is 2.58 bits per heavy atom. The highest BCUT2D eigenvalue weighted by Gasteiger charge is 2.50. The molecule has 3 aliphatic rings. The van der Waals surface area contributed by atoms with E-state index in [0.29, 0.717) is 13.1 Å². The number of likely N-dealkylation sites (tertiary alicyclic amines) is 1. The monoisotopic (exact) mass is 355 g/mol. The molecule has 1 aromatic rings. The Labute approximate surface area is 153 Å². The van der Waals surface area contributed by atoms with Crippen molar-refractivity contribution in [2.45, 2.75) is 51.0 Å². The summed E-state index contributed by atoms with van der Waals surface area (Å²) in [7, 11) is 0. The van der Waals surface area contributed by atoms with Crippen LogP contribution in [-0.4, -0.2) is 47.3 Å². The maximum atomic E-state index is 13.0. The van der Waals surface area contributed by atoms with Gasteiger partial charge >= 0.3 is 6.03 Å². The minimum Gasteiger partial charge on any atom is -0.341 e. The molecule has 1 aliphatic carbocycles. The molecule has 0 radical (unpaired) electrons. The summed E-state index contributed by atoms with van der Waals surface area (Å²) in [4.78, 5) is 40.8. The highest BCUT2D eigenvalue weighted by atomic mass is 16.2. The van der Waals surface area contributed by atoms with Crippen LogP contribution in [0.1, 0.15) is 49.3 Å². The van der Waals surface area contributed by atoms with Gasteiger partial charge in [0.2, 0.25) is 5.91 Å². The van der Waals surface area contributed by atoms with Gasteiger partial charge in [-0.3, -0.25) is 14.5 Å². The van der Waals surface area contributed by atoms with E-state index in [1.807, 2.05) is 12.1 Å². The van der Waals surface area contributed by atoms with E-state index in [2.05, 4.69) is 11.4 Å². The van der Waals surface area contributed by atoms with Crippen LogP contribution in [0.3, 0.4) is 0 Å². The Morgan fingerprint density at radius 1 is 1.08 bits per heavy atom. The zero-order chi connectivity index (χ0) is 18.3. The molecule has 6 heteroatoms. The fourth-order valence-corrected chi connectivity index (χ4v) is 4.30. The van der Waals surface area contributed by atoms with Gasteiger partial charge in [-0.15, -0.1) is 0 Å². The first-order valence-electron chi connectivity index (χ1n) is 9.53. The molecule has 2 fully saturated rings. The third kappa shape index (κ3) is 2.77. The van der Waals surface area contributed by atoms with E-state index >= 15 is 0 Å². The van der Waals surface area contributed by atoms with Crippen LogP contribution in [0, 0.1) is 0 Å². The lowest BCUT2D eigenvalue weighted by molar-refractivity contribution is -0.139. The van der Waals surface area contributed by atoms with Crippen LogP contribution >= 0.6 is 0 Å². The summed E-state index contributed by atoms with van der Waals surface area (Å²) >= 11 is 0. The fourth-order valence-electron chi connectivity index (χ4n) is 4.30. The van der Waals surface area contributed by atoms with E-state index in [1.54, 1.807) is 11.8 Å². The summed E-state index contributed by atoms with van der Waals surface area (Å²) in [6, 6.07) is 5.54. The van der Waals surface area contributed by atoms with Gasteiger partial charge in [0.05, 0.1) is 0 Å². The normalized spacial score (nSPS) is 25.4. The van der Waals surface area contributed by atoms with Crippen molar-refractivity contribution in [3.05, 3.63) is 34.9 Å². The molecule has 2 saturated heterocycles. The number of fused-ring (bicyclic) bond motifs is 1. The first-order valence-corrected chi connectivity index (χ1v) is 9.53. The number of piperidine rings is 1. The predicted molar refractivity (Wildman–Crippen MR) is 96.5 cm³/mol. The van der Waals surface area contributed by atoms with Crippen LogP contribution < -0.4 is 5.32 Å². The molecule has 4 amide bonds. The van der Waals surface area contributed by atoms with E-state index in [0.717, 1.165) is 49.0 Å². The summed E-state index contributed by atoms with van der Waals surface area (Å²) < 4.78 is 0. The van der Waals surface area contributed by atoms with E-state index < -0.39 is 11.6 Å². The van der Waals surface area contributed by atoms with E-state index in [9.17, 15) is 14.4 Å². The number of nitrogens with one attached hydrogen (secondary N) is 1. The highest BCUT2D eigenvalue weighted by Crippen LogP contribution is 2.32. The molecule has 2 heterocycles. The summed E-state index contributed by atoms with van der Waals surface area (Å²) in [5, 5.41) is 2.81. The Kier molecular flexibility index (Phi) is 4.21. The van der Waals surface area contributed by atoms with Gasteiger partial charge in [0, 0.05) is 13.1 Å². The van der Waals surface area contributed by atoms with Crippen molar-refractivity contribution >= 4 is 17.8 Å². The number of aryl methyl sites for hydroxylation is 2. The summed E-state index contributed by atoms with van der Waals surface area (Å²) in [5.74, 6) is -0.489. The Morgan fingerprint density at radius 2 is 1.81 bits per heavy atom. The Hall–Kier alpha value is -2.37. The average Bonchev–Trinajstić information content (AvgIpc) is 3.21. The number of hydrogen-bond acceptors (Lipinski definition) is 3. The molecule has 0 saturated carbocycles. The molecule has 1 aromatic carbocycles. The Balaban J connectivity index is 1.53. The van der Waals surface area contributed by atoms with Gasteiger partial charge in [0.25, 0.3) is 5.91 Å². The highest BCUT2D eigenvalue weighted by molar-refractivity contribution is 6.09. The van der Waals surface area contributed by atoms with E-state index in [1.165, 1.54) is 11.1 Å². The van der Waals surface area contributed by atoms with Crippen LogP contribution in [0.15, 0.2) is 18.2 Å². The molecule has 0 unspecified atom stereocenters. The number of hydrogen-bond donors (Lipinski definition) is 1. The topological polar surface area (TPSA) is 69.7 Å². The number of benzene rings is 1. The number of carbonyl (C=O) groups is 3. The van der Waals surface area contributed by atoms with Crippen LogP contribution in [0.2, 0.25) is 0 Å². The molecule has 0 spiro atoms. The third-order valence-corrected chi connectivity index (χ3v) is 5.95. The second-order valence-electron chi connectivity index (χ2n) is 7.72. The zero-order valence-corrected chi connectivity index (χ0v) is 15.2. The van der Waals surface area contributed by atoms with E-state index in [-0.39, 0.29) is 18.4 Å². The van der Waals surface area contributed by atoms with Crippen LogP contribution in [0.4, 0.5) is 4.79 Å². The summed E-state index contributed by atoms with van der Waals surface area (Å²) in [6.07, 6.45) is 6.31. The first kappa shape index (κ1) is 17.1. The molecule has 4 rings (SSSR count). The lowest BCUT2D eigenvalue weighted by atomic mass is 9.89. The van der Waals surface area contributed by atoms with Crippen molar-refractivity contribution in [3.63, 3.8) is 0 Å². The standard InChI is InChI=1S/C20H25N3O3/c1-20(16-9-8-14-6-5-7-15(14)12-16)18(25)23(19(26)21-20)13-17(24)22-10-3-2-4-11-22/h8-9,12H,2-7,10-11,13H2,1H3,(H,21,26)/t20-/m1/s1. The van der Waals surface area contributed by atoms with Gasteiger partial charge in [-0.05, 0) is 62.1 Å². The van der Waals surface area contributed by atoms with Crippen molar-refractivity contribution in [3.8, 4) is 0 Å². The number of imide groups is 1. The van der Waals surface area contributed by atoms with Crippen LogP contribution in [-0.2, 0) is 28.0 Å². The molecule has 26 heavy (non-hydrogen) atoms. The predicted octanol–water partition coefficient (Wildman–Crippen LogP) is 1.95. The first-order chi connectivity index (χ1) is 12.5. The number of rotatable bonds is 3. The molecule has 1 atom stereocenters. The van der Waals surface area contributed by atoms with Crippen molar-refractivity contribution in [1.29, 1.82) is 0 Å². The molecular formula is C20H25N3O3. The van der Waals surface area contributed by atoms with Gasteiger partial charge in [-0.1, -0.05) is 18.2 Å².